The van der Waals surface area contributed by atoms with Gasteiger partial charge in [0.25, 0.3) is 0 Å². The Bertz CT molecular complexity index is 2010. The summed E-state index contributed by atoms with van der Waals surface area (Å²) >= 11 is 0. The first kappa shape index (κ1) is 39.8. The van der Waals surface area contributed by atoms with Crippen LogP contribution in [-0.2, 0) is 0 Å². The van der Waals surface area contributed by atoms with Crippen LogP contribution in [0.4, 0.5) is 11.4 Å². The molecule has 0 saturated heterocycles. The van der Waals surface area contributed by atoms with Crippen LogP contribution in [0.5, 0.6) is 5.75 Å². The van der Waals surface area contributed by atoms with Gasteiger partial charge in [0.15, 0.2) is 11.6 Å². The Morgan fingerprint density at radius 3 is 1.50 bits per heavy atom. The molecule has 0 spiro atoms. The minimum absolute atomic E-state index is 0.259. The van der Waals surface area contributed by atoms with Gasteiger partial charge in [-0.15, -0.1) is 0 Å². The van der Waals surface area contributed by atoms with Crippen LogP contribution < -0.4 is 16.2 Å². The number of ether oxygens (including phenoxy) is 1. The van der Waals surface area contributed by atoms with Crippen LogP contribution in [0.1, 0.15) is 171 Å². The zero-order chi connectivity index (χ0) is 39.3. The first-order valence-electron chi connectivity index (χ1n) is 22.0. The van der Waals surface area contributed by atoms with E-state index in [1.165, 1.54) is 108 Å². The number of nitrogens with two attached hydrogens (primary N) is 2. The van der Waals surface area contributed by atoms with Gasteiger partial charge in [-0.1, -0.05) is 114 Å². The number of hydrogen-bond donors (Lipinski definition) is 2. The minimum Gasteiger partial charge on any atom is -0.493 e. The van der Waals surface area contributed by atoms with Crippen LogP contribution >= 0.6 is 0 Å². The van der Waals surface area contributed by atoms with Crippen LogP contribution in [-0.4, -0.2) is 18.2 Å². The van der Waals surface area contributed by atoms with Gasteiger partial charge >= 0.3 is 0 Å². The molecule has 0 aliphatic heterocycles. The maximum absolute atomic E-state index is 14.2. The number of ketones is 2. The van der Waals surface area contributed by atoms with Gasteiger partial charge in [0.1, 0.15) is 5.75 Å². The minimum atomic E-state index is -0.263. The van der Waals surface area contributed by atoms with E-state index in [2.05, 4.69) is 64.1 Å². The van der Waals surface area contributed by atoms with E-state index in [-0.39, 0.29) is 22.7 Å². The van der Waals surface area contributed by atoms with Gasteiger partial charge in [-0.2, -0.15) is 0 Å². The maximum Gasteiger partial charge on any atom is 0.196 e. The zero-order valence-corrected chi connectivity index (χ0v) is 34.5. The molecule has 2 saturated carbocycles. The highest BCUT2D eigenvalue weighted by Gasteiger charge is 2.35. The van der Waals surface area contributed by atoms with Crippen LogP contribution in [0.15, 0.2) is 60.7 Å². The van der Waals surface area contributed by atoms with Gasteiger partial charge in [0.2, 0.25) is 0 Å². The number of carbonyl (C=O) groups excluding carboxylic acids is 2. The lowest BCUT2D eigenvalue weighted by atomic mass is 9.76. The molecular weight excluding hydrogens is 689 g/mol. The summed E-state index contributed by atoms with van der Waals surface area (Å²) < 4.78 is 6.48. The first-order valence-corrected chi connectivity index (χ1v) is 22.0. The van der Waals surface area contributed by atoms with Crippen molar-refractivity contribution in [2.24, 2.45) is 17.8 Å². The summed E-state index contributed by atoms with van der Waals surface area (Å²) in [5.74, 6) is 3.36. The molecule has 3 aliphatic carbocycles. The van der Waals surface area contributed by atoms with Crippen molar-refractivity contribution in [1.29, 1.82) is 0 Å². The van der Waals surface area contributed by atoms with Crippen LogP contribution in [0.25, 0.3) is 22.3 Å². The Hall–Kier alpha value is -4.38. The fourth-order valence-electron chi connectivity index (χ4n) is 10.2. The zero-order valence-electron chi connectivity index (χ0n) is 34.5. The third kappa shape index (κ3) is 8.34. The lowest BCUT2D eigenvalue weighted by molar-refractivity contribution is 0.0980. The van der Waals surface area contributed by atoms with Crippen molar-refractivity contribution < 1.29 is 14.3 Å². The molecule has 0 bridgehead atoms. The Morgan fingerprint density at radius 2 is 1.00 bits per heavy atom. The second-order valence-electron chi connectivity index (χ2n) is 17.5. The number of anilines is 2. The second-order valence-corrected chi connectivity index (χ2v) is 17.5. The number of unbranched alkanes of at least 4 members (excludes halogenated alkanes) is 4. The highest BCUT2D eigenvalue weighted by molar-refractivity contribution is 6.32. The Balaban J connectivity index is 1.04. The molecule has 0 radical (unpaired) electrons. The van der Waals surface area contributed by atoms with Crippen LogP contribution in [0, 0.1) is 31.6 Å². The number of carbonyl (C=O) groups is 2. The van der Waals surface area contributed by atoms with E-state index in [1.54, 1.807) is 12.1 Å². The highest BCUT2D eigenvalue weighted by Crippen LogP contribution is 2.43. The molecule has 0 heterocycles. The number of nitrogen functional groups attached to an aromatic ring is 2. The number of benzene rings is 4. The average molecular weight is 753 g/mol. The van der Waals surface area contributed by atoms with E-state index in [1.807, 2.05) is 12.1 Å². The second kappa shape index (κ2) is 17.8. The fourth-order valence-corrected chi connectivity index (χ4v) is 10.2. The van der Waals surface area contributed by atoms with Gasteiger partial charge in [-0.3, -0.25) is 9.59 Å². The molecule has 4 aromatic rings. The van der Waals surface area contributed by atoms with Gasteiger partial charge < -0.3 is 16.2 Å². The maximum atomic E-state index is 14.2. The summed E-state index contributed by atoms with van der Waals surface area (Å²) in [5, 5.41) is 0. The molecule has 5 nitrogen and oxygen atoms in total. The molecule has 3 aliphatic rings. The first-order chi connectivity index (χ1) is 27.2. The predicted octanol–water partition coefficient (Wildman–Crippen LogP) is 13.2. The third-order valence-corrected chi connectivity index (χ3v) is 13.6. The van der Waals surface area contributed by atoms with Gasteiger partial charge in [0, 0.05) is 22.3 Å². The molecule has 0 aromatic heterocycles. The normalized spacial score (nSPS) is 20.8. The molecular formula is C51H64N2O3. The molecule has 4 aromatic carbocycles. The molecule has 7 rings (SSSR count). The number of aryl methyl sites for hydroxylation is 2. The summed E-state index contributed by atoms with van der Waals surface area (Å²) in [7, 11) is 0. The molecule has 0 atom stereocenters. The van der Waals surface area contributed by atoms with Crippen LogP contribution in [0.3, 0.4) is 0 Å². The predicted molar refractivity (Wildman–Crippen MR) is 233 cm³/mol. The van der Waals surface area contributed by atoms with Gasteiger partial charge in [0.05, 0.1) is 29.1 Å². The standard InChI is InChI=1S/C51H64N2O3/c1-5-7-9-11-34-13-15-36(16-14-34)31-56-51-32(3)29-40(30-33(51)4)42-26-28-44-46(48(42)53)50(55)43-27-25-41(47(52)45(43)49(44)54)39-23-21-38(22-24-39)37-19-17-35(18-20-37)12-10-8-6-2/h21-30,34-37H,5-20,31,52-53H2,1-4H3. The third-order valence-electron chi connectivity index (χ3n) is 13.6. The van der Waals surface area contributed by atoms with Crippen molar-refractivity contribution >= 4 is 22.9 Å². The smallest absolute Gasteiger partial charge is 0.196 e. The van der Waals surface area contributed by atoms with Crippen molar-refractivity contribution in [1.82, 2.24) is 0 Å². The summed E-state index contributed by atoms with van der Waals surface area (Å²) in [4.78, 5) is 28.3. The topological polar surface area (TPSA) is 95.4 Å². The number of fused-ring (bicyclic) bond motifs is 2. The number of rotatable bonds is 14. The molecule has 4 N–H and O–H groups in total. The van der Waals surface area contributed by atoms with E-state index in [0.717, 1.165) is 57.6 Å². The molecule has 2 fully saturated rings. The largest absolute Gasteiger partial charge is 0.493 e. The summed E-state index contributed by atoms with van der Waals surface area (Å²) in [6, 6.07) is 20.1. The summed E-state index contributed by atoms with van der Waals surface area (Å²) in [5.41, 5.74) is 22.2. The van der Waals surface area contributed by atoms with Gasteiger partial charge in [-0.05, 0) is 128 Å². The van der Waals surface area contributed by atoms with Crippen molar-refractivity contribution in [2.75, 3.05) is 18.1 Å². The molecule has 0 amide bonds. The van der Waals surface area contributed by atoms with Crippen LogP contribution in [0.2, 0.25) is 0 Å². The van der Waals surface area contributed by atoms with E-state index in [9.17, 15) is 9.59 Å². The summed E-state index contributed by atoms with van der Waals surface area (Å²) in [6.07, 6.45) is 21.0. The monoisotopic (exact) mass is 752 g/mol. The number of hydrogen-bond acceptors (Lipinski definition) is 5. The van der Waals surface area contributed by atoms with Gasteiger partial charge in [-0.25, -0.2) is 0 Å². The molecule has 56 heavy (non-hydrogen) atoms. The lowest BCUT2D eigenvalue weighted by Crippen LogP contribution is -2.24. The molecule has 0 unspecified atom stereocenters. The van der Waals surface area contributed by atoms with Crippen molar-refractivity contribution in [3.05, 3.63) is 99.6 Å². The van der Waals surface area contributed by atoms with Crippen molar-refractivity contribution in [3.8, 4) is 28.0 Å². The lowest BCUT2D eigenvalue weighted by Gasteiger charge is -2.29. The average Bonchev–Trinajstić information content (AvgIpc) is 3.20. The van der Waals surface area contributed by atoms with E-state index >= 15 is 0 Å². The Labute approximate surface area is 336 Å². The van der Waals surface area contributed by atoms with Crippen molar-refractivity contribution in [3.63, 3.8) is 0 Å². The van der Waals surface area contributed by atoms with E-state index in [0.29, 0.717) is 34.3 Å². The Morgan fingerprint density at radius 1 is 0.554 bits per heavy atom. The Kier molecular flexibility index (Phi) is 12.7. The fraction of sp³-hybridized carbons (Fsp3) is 0.490. The quantitative estimate of drug-likeness (QED) is 0.0870. The van der Waals surface area contributed by atoms with Crippen molar-refractivity contribution in [2.45, 2.75) is 136 Å². The van der Waals surface area contributed by atoms with E-state index < -0.39 is 0 Å². The molecule has 296 valence electrons. The highest BCUT2D eigenvalue weighted by atomic mass is 16.5. The molecule has 5 heteroatoms. The summed E-state index contributed by atoms with van der Waals surface area (Å²) in [6.45, 7) is 9.45. The SMILES string of the molecule is CCCCCC1CCC(COc2c(C)cc(-c3ccc4c(c3N)C(=O)c3ccc(-c5ccc(C6CCC(CCCCC)CC6)cc5)c(N)c3C4=O)cc2C)CC1. The van der Waals surface area contributed by atoms with E-state index in [4.69, 9.17) is 16.2 Å².